The number of aromatic nitrogens is 4. The van der Waals surface area contributed by atoms with Gasteiger partial charge in [-0.05, 0) is 17.7 Å². The first-order valence-electron chi connectivity index (χ1n) is 12.3. The van der Waals surface area contributed by atoms with Crippen LogP contribution in [0.4, 0.5) is 17.6 Å². The van der Waals surface area contributed by atoms with Crippen molar-refractivity contribution < 1.29 is 19.0 Å². The second-order valence-electron chi connectivity index (χ2n) is 8.64. The molecule has 198 valence electrons. The van der Waals surface area contributed by atoms with E-state index in [4.69, 9.17) is 13.9 Å². The number of oxazole rings is 1. The first kappa shape index (κ1) is 25.8. The minimum absolute atomic E-state index is 0.228. The van der Waals surface area contributed by atoms with Gasteiger partial charge in [-0.25, -0.2) is 4.98 Å². The molecule has 2 unspecified atom stereocenters. The Morgan fingerprint density at radius 3 is 2.33 bits per heavy atom. The molecule has 0 radical (unpaired) electrons. The Hall–Kier alpha value is -4.80. The summed E-state index contributed by atoms with van der Waals surface area (Å²) in [4.78, 5) is 17.9. The van der Waals surface area contributed by atoms with Crippen molar-refractivity contribution in [2.24, 2.45) is 0 Å². The predicted octanol–water partition coefficient (Wildman–Crippen LogP) is 5.11. The van der Waals surface area contributed by atoms with Crippen molar-refractivity contribution in [3.05, 3.63) is 97.0 Å². The average molecular weight is 525 g/mol. The molecule has 0 bridgehead atoms. The highest BCUT2D eigenvalue weighted by Crippen LogP contribution is 2.33. The van der Waals surface area contributed by atoms with Gasteiger partial charge in [0, 0.05) is 24.4 Å². The van der Waals surface area contributed by atoms with Crippen LogP contribution in [0.3, 0.4) is 0 Å². The van der Waals surface area contributed by atoms with Crippen LogP contribution >= 0.6 is 0 Å². The number of hydrogen-bond acceptors (Lipinski definition) is 10. The van der Waals surface area contributed by atoms with Gasteiger partial charge in [-0.1, -0.05) is 60.7 Å². The van der Waals surface area contributed by atoms with E-state index in [1.54, 1.807) is 20.4 Å². The Balaban J connectivity index is 1.48. The van der Waals surface area contributed by atoms with E-state index in [1.807, 2.05) is 78.9 Å². The zero-order chi connectivity index (χ0) is 27.0. The Morgan fingerprint density at radius 2 is 1.64 bits per heavy atom. The smallest absolute Gasteiger partial charge is 0.232 e. The van der Waals surface area contributed by atoms with E-state index in [9.17, 15) is 5.11 Å². The molecule has 0 saturated carbocycles. The second kappa shape index (κ2) is 12.2. The molecular weight excluding hydrogens is 496 g/mol. The lowest BCUT2D eigenvalue weighted by Crippen LogP contribution is -2.33. The van der Waals surface area contributed by atoms with Gasteiger partial charge in [0.1, 0.15) is 11.9 Å². The first-order valence-corrected chi connectivity index (χ1v) is 12.3. The average Bonchev–Trinajstić information content (AvgIpc) is 3.52. The molecule has 0 spiro atoms. The standard InChI is InChI=1S/C29H28N6O4/c1-37-17-23(26(36)19-9-5-3-6-10-19)32-29-34-27(20-11-7-4-8-12-20)33-28(35-29)31-21-13-14-22(24(15-21)38-2)25-16-30-18-39-25/h3-16,18,23,26,36H,17H2,1-2H3,(H2,31,32,33,34,35). The maximum absolute atomic E-state index is 11.1. The van der Waals surface area contributed by atoms with Crippen LogP contribution in [0.2, 0.25) is 0 Å². The van der Waals surface area contributed by atoms with Crippen molar-refractivity contribution in [1.29, 1.82) is 0 Å². The SMILES string of the molecule is COCC(Nc1nc(Nc2ccc(-c3cnco3)c(OC)c2)nc(-c2ccccc2)n1)C(O)c1ccccc1. The van der Waals surface area contributed by atoms with E-state index in [2.05, 4.69) is 30.6 Å². The van der Waals surface area contributed by atoms with Gasteiger partial charge in [-0.3, -0.25) is 0 Å². The number of benzene rings is 3. The molecule has 10 nitrogen and oxygen atoms in total. The molecule has 2 heterocycles. The number of rotatable bonds is 11. The topological polar surface area (TPSA) is 127 Å². The third kappa shape index (κ3) is 6.20. The van der Waals surface area contributed by atoms with Crippen molar-refractivity contribution >= 4 is 17.6 Å². The van der Waals surface area contributed by atoms with Crippen molar-refractivity contribution in [1.82, 2.24) is 19.9 Å². The number of aliphatic hydroxyl groups is 1. The van der Waals surface area contributed by atoms with Crippen LogP contribution in [0, 0.1) is 0 Å². The largest absolute Gasteiger partial charge is 0.496 e. The second-order valence-corrected chi connectivity index (χ2v) is 8.64. The molecule has 10 heteroatoms. The lowest BCUT2D eigenvalue weighted by molar-refractivity contribution is 0.0953. The highest BCUT2D eigenvalue weighted by atomic mass is 16.5. The van der Waals surface area contributed by atoms with Gasteiger partial charge in [0.15, 0.2) is 18.0 Å². The van der Waals surface area contributed by atoms with E-state index < -0.39 is 12.1 Å². The van der Waals surface area contributed by atoms with Gasteiger partial charge in [-0.2, -0.15) is 15.0 Å². The lowest BCUT2D eigenvalue weighted by Gasteiger charge is -2.24. The molecule has 39 heavy (non-hydrogen) atoms. The summed E-state index contributed by atoms with van der Waals surface area (Å²) < 4.78 is 16.4. The highest BCUT2D eigenvalue weighted by Gasteiger charge is 2.23. The van der Waals surface area contributed by atoms with Crippen LogP contribution in [-0.4, -0.2) is 51.9 Å². The van der Waals surface area contributed by atoms with Gasteiger partial charge in [-0.15, -0.1) is 0 Å². The number of anilines is 3. The predicted molar refractivity (Wildman–Crippen MR) is 148 cm³/mol. The summed E-state index contributed by atoms with van der Waals surface area (Å²) in [7, 11) is 3.17. The van der Waals surface area contributed by atoms with Crippen LogP contribution in [0.15, 0.2) is 95.9 Å². The first-order chi connectivity index (χ1) is 19.1. The van der Waals surface area contributed by atoms with Crippen LogP contribution in [0.5, 0.6) is 5.75 Å². The zero-order valence-corrected chi connectivity index (χ0v) is 21.5. The summed E-state index contributed by atoms with van der Waals surface area (Å²) >= 11 is 0. The molecule has 2 atom stereocenters. The molecule has 3 aromatic carbocycles. The summed E-state index contributed by atoms with van der Waals surface area (Å²) in [6, 6.07) is 24.0. The maximum atomic E-state index is 11.1. The molecule has 0 fully saturated rings. The van der Waals surface area contributed by atoms with E-state index >= 15 is 0 Å². The molecule has 0 amide bonds. The summed E-state index contributed by atoms with van der Waals surface area (Å²) in [5.74, 6) is 2.25. The quantitative estimate of drug-likeness (QED) is 0.215. The molecule has 5 aromatic rings. The fraction of sp³-hybridized carbons (Fsp3) is 0.172. The summed E-state index contributed by atoms with van der Waals surface area (Å²) in [5, 5.41) is 17.6. The number of methoxy groups -OCH3 is 2. The van der Waals surface area contributed by atoms with E-state index in [1.165, 1.54) is 6.39 Å². The number of nitrogens with one attached hydrogen (secondary N) is 2. The van der Waals surface area contributed by atoms with Gasteiger partial charge >= 0.3 is 0 Å². The molecule has 0 aliphatic heterocycles. The van der Waals surface area contributed by atoms with Gasteiger partial charge < -0.3 is 29.6 Å². The van der Waals surface area contributed by atoms with E-state index in [0.717, 1.165) is 16.7 Å². The number of ether oxygens (including phenoxy) is 2. The lowest BCUT2D eigenvalue weighted by atomic mass is 10.0. The summed E-state index contributed by atoms with van der Waals surface area (Å²) in [6.07, 6.45) is 2.14. The van der Waals surface area contributed by atoms with Crippen molar-refractivity contribution in [2.75, 3.05) is 31.5 Å². The Bertz CT molecular complexity index is 1480. The Kier molecular flexibility index (Phi) is 8.06. The minimum atomic E-state index is -0.854. The fourth-order valence-electron chi connectivity index (χ4n) is 4.10. The van der Waals surface area contributed by atoms with Crippen LogP contribution < -0.4 is 15.4 Å². The number of nitrogens with zero attached hydrogens (tertiary/aromatic N) is 4. The number of aliphatic hydroxyl groups excluding tert-OH is 1. The van der Waals surface area contributed by atoms with Crippen molar-refractivity contribution in [2.45, 2.75) is 12.1 Å². The molecule has 0 saturated heterocycles. The summed E-state index contributed by atoms with van der Waals surface area (Å²) in [6.45, 7) is 0.228. The third-order valence-corrected chi connectivity index (χ3v) is 6.01. The van der Waals surface area contributed by atoms with Crippen LogP contribution in [0.1, 0.15) is 11.7 Å². The van der Waals surface area contributed by atoms with Crippen molar-refractivity contribution in [3.63, 3.8) is 0 Å². The van der Waals surface area contributed by atoms with Crippen LogP contribution in [0.25, 0.3) is 22.7 Å². The summed E-state index contributed by atoms with van der Waals surface area (Å²) in [5.41, 5.74) is 3.03. The van der Waals surface area contributed by atoms with Gasteiger partial charge in [0.05, 0.1) is 31.5 Å². The molecule has 2 aromatic heterocycles. The zero-order valence-electron chi connectivity index (χ0n) is 21.5. The monoisotopic (exact) mass is 524 g/mol. The molecule has 0 aliphatic carbocycles. The highest BCUT2D eigenvalue weighted by molar-refractivity contribution is 5.71. The molecule has 5 rings (SSSR count). The minimum Gasteiger partial charge on any atom is -0.496 e. The Labute approximate surface area is 225 Å². The normalized spacial score (nSPS) is 12.5. The van der Waals surface area contributed by atoms with Crippen LogP contribution in [-0.2, 0) is 4.74 Å². The number of hydrogen-bond donors (Lipinski definition) is 3. The fourth-order valence-corrected chi connectivity index (χ4v) is 4.10. The third-order valence-electron chi connectivity index (χ3n) is 6.01. The maximum Gasteiger partial charge on any atom is 0.232 e. The molecular formula is C29H28N6O4. The Morgan fingerprint density at radius 1 is 0.897 bits per heavy atom. The van der Waals surface area contributed by atoms with Gasteiger partial charge in [0.2, 0.25) is 11.9 Å². The van der Waals surface area contributed by atoms with E-state index in [-0.39, 0.29) is 12.6 Å². The van der Waals surface area contributed by atoms with E-state index in [0.29, 0.717) is 29.0 Å². The van der Waals surface area contributed by atoms with Gasteiger partial charge in [0.25, 0.3) is 0 Å². The molecule has 3 N–H and O–H groups in total. The van der Waals surface area contributed by atoms with Crippen molar-refractivity contribution in [3.8, 4) is 28.5 Å². The molecule has 0 aliphatic rings.